The lowest BCUT2D eigenvalue weighted by molar-refractivity contribution is -0.165. The van der Waals surface area contributed by atoms with Gasteiger partial charge in [-0.3, -0.25) is 0 Å². The highest BCUT2D eigenvalue weighted by Gasteiger charge is 2.53. The first kappa shape index (κ1) is 16.5. The highest BCUT2D eigenvalue weighted by atomic mass is 16.5. The van der Waals surface area contributed by atoms with E-state index >= 15 is 0 Å². The lowest BCUT2D eigenvalue weighted by Crippen LogP contribution is -2.53. The molecule has 0 radical (unpaired) electrons. The number of ether oxygens (including phenoxy) is 1. The summed E-state index contributed by atoms with van der Waals surface area (Å²) in [5.74, 6) is 1.12. The molecule has 2 bridgehead atoms. The Hall–Kier alpha value is -1.32. The van der Waals surface area contributed by atoms with Crippen molar-refractivity contribution in [3.05, 3.63) is 41.5 Å². The van der Waals surface area contributed by atoms with Crippen molar-refractivity contribution in [1.29, 1.82) is 0 Å². The predicted molar refractivity (Wildman–Crippen MR) is 94.6 cm³/mol. The van der Waals surface area contributed by atoms with Crippen LogP contribution in [0.3, 0.4) is 0 Å². The summed E-state index contributed by atoms with van der Waals surface area (Å²) < 4.78 is 6.32. The van der Waals surface area contributed by atoms with Crippen LogP contribution < -0.4 is 4.90 Å². The molecule has 1 aliphatic carbocycles. The second-order valence-electron chi connectivity index (χ2n) is 7.62. The Morgan fingerprint density at radius 1 is 1.22 bits per heavy atom. The van der Waals surface area contributed by atoms with Crippen LogP contribution in [0.5, 0.6) is 0 Å². The van der Waals surface area contributed by atoms with E-state index in [0.29, 0.717) is 24.4 Å². The molecule has 3 rings (SSSR count). The molecule has 1 aromatic carbocycles. The summed E-state index contributed by atoms with van der Waals surface area (Å²) >= 11 is 0. The average molecular weight is 315 g/mol. The molecule has 23 heavy (non-hydrogen) atoms. The van der Waals surface area contributed by atoms with Crippen molar-refractivity contribution in [1.82, 2.24) is 0 Å². The minimum atomic E-state index is -0.135. The normalized spacial score (nSPS) is 36.5. The molecule has 1 heterocycles. The third-order valence-corrected chi connectivity index (χ3v) is 6.28. The van der Waals surface area contributed by atoms with Gasteiger partial charge in [0.15, 0.2) is 0 Å². The summed E-state index contributed by atoms with van der Waals surface area (Å²) in [4.78, 5) is 2.11. The van der Waals surface area contributed by atoms with Gasteiger partial charge in [0.1, 0.15) is 0 Å². The summed E-state index contributed by atoms with van der Waals surface area (Å²) in [6.07, 6.45) is 2.44. The molecule has 1 saturated heterocycles. The molecular formula is C20H29NO2. The van der Waals surface area contributed by atoms with E-state index in [2.05, 4.69) is 70.1 Å². The van der Waals surface area contributed by atoms with Gasteiger partial charge >= 0.3 is 0 Å². The fourth-order valence-corrected chi connectivity index (χ4v) is 4.55. The van der Waals surface area contributed by atoms with Crippen LogP contribution in [0.15, 0.2) is 35.9 Å². The predicted octanol–water partition coefficient (Wildman–Crippen LogP) is 3.65. The van der Waals surface area contributed by atoms with Crippen LogP contribution in [0.1, 0.15) is 32.4 Å². The van der Waals surface area contributed by atoms with Crippen LogP contribution in [0.4, 0.5) is 5.69 Å². The van der Waals surface area contributed by atoms with E-state index in [0.717, 1.165) is 0 Å². The number of aliphatic hydroxyl groups is 1. The Morgan fingerprint density at radius 2 is 1.87 bits per heavy atom. The lowest BCUT2D eigenvalue weighted by atomic mass is 9.56. The Kier molecular flexibility index (Phi) is 4.28. The fourth-order valence-electron chi connectivity index (χ4n) is 4.55. The first-order valence-corrected chi connectivity index (χ1v) is 8.59. The van der Waals surface area contributed by atoms with E-state index < -0.39 is 0 Å². The first-order valence-electron chi connectivity index (χ1n) is 8.59. The Bertz CT molecular complexity index is 592. The maximum Gasteiger partial charge on any atom is 0.0893 e. The van der Waals surface area contributed by atoms with E-state index in [1.165, 1.54) is 16.8 Å². The van der Waals surface area contributed by atoms with Crippen molar-refractivity contribution in [3.8, 4) is 0 Å². The Morgan fingerprint density at radius 3 is 2.43 bits per heavy atom. The number of aliphatic hydroxyl groups excluding tert-OH is 1. The smallest absolute Gasteiger partial charge is 0.0893 e. The van der Waals surface area contributed by atoms with Crippen LogP contribution in [-0.2, 0) is 4.74 Å². The zero-order valence-corrected chi connectivity index (χ0v) is 14.9. The van der Waals surface area contributed by atoms with Crippen LogP contribution in [0.2, 0.25) is 0 Å². The van der Waals surface area contributed by atoms with E-state index in [-0.39, 0.29) is 18.1 Å². The zero-order chi connectivity index (χ0) is 16.8. The molecule has 1 N–H and O–H groups in total. The van der Waals surface area contributed by atoms with Crippen LogP contribution in [-0.4, -0.2) is 32.4 Å². The molecule has 2 aliphatic rings. The molecule has 0 spiro atoms. The third kappa shape index (κ3) is 2.50. The van der Waals surface area contributed by atoms with Crippen molar-refractivity contribution >= 4 is 5.69 Å². The quantitative estimate of drug-likeness (QED) is 0.864. The monoisotopic (exact) mass is 315 g/mol. The summed E-state index contributed by atoms with van der Waals surface area (Å²) in [5, 5.41) is 10.1. The third-order valence-electron chi connectivity index (χ3n) is 6.28. The first-order chi connectivity index (χ1) is 10.9. The standard InChI is InChI=1S/C20H29NO2/c1-13-10-14(2)20(11-22)12-23-19(18(13)15(20)3)16-6-8-17(9-7-16)21(4)5/h6-10,14-15,18-19,22H,11-12H2,1-5H3/t14-,15+,18+,19-,20-/m1/s1. The van der Waals surface area contributed by atoms with Crippen LogP contribution >= 0.6 is 0 Å². The van der Waals surface area contributed by atoms with Gasteiger partial charge in [0.2, 0.25) is 0 Å². The van der Waals surface area contributed by atoms with Gasteiger partial charge in [-0.1, -0.05) is 37.6 Å². The number of nitrogens with zero attached hydrogens (tertiary/aromatic N) is 1. The molecule has 3 heteroatoms. The van der Waals surface area contributed by atoms with Gasteiger partial charge in [-0.15, -0.1) is 0 Å². The number of hydrogen-bond acceptors (Lipinski definition) is 3. The van der Waals surface area contributed by atoms with E-state index in [4.69, 9.17) is 4.74 Å². The molecule has 1 aromatic rings. The second-order valence-corrected chi connectivity index (χ2v) is 7.62. The highest BCUT2D eigenvalue weighted by Crippen LogP contribution is 2.55. The SMILES string of the molecule is CC1=C[C@@H](C)[C@@]2(CO)CO[C@H](c3ccc(N(C)C)cc3)[C@@H]1[C@@H]2C. The average Bonchev–Trinajstić information content (AvgIpc) is 2.53. The van der Waals surface area contributed by atoms with E-state index in [1.54, 1.807) is 0 Å². The van der Waals surface area contributed by atoms with E-state index in [1.807, 2.05) is 0 Å². The molecule has 1 fully saturated rings. The summed E-state index contributed by atoms with van der Waals surface area (Å²) in [6, 6.07) is 8.68. The van der Waals surface area contributed by atoms with Crippen molar-refractivity contribution in [2.45, 2.75) is 26.9 Å². The van der Waals surface area contributed by atoms with Gasteiger partial charge in [0.05, 0.1) is 19.3 Å². The lowest BCUT2D eigenvalue weighted by Gasteiger charge is -2.55. The Balaban J connectivity index is 1.95. The van der Waals surface area contributed by atoms with E-state index in [9.17, 15) is 5.11 Å². The number of rotatable bonds is 3. The van der Waals surface area contributed by atoms with Gasteiger partial charge < -0.3 is 14.7 Å². The molecule has 0 aromatic heterocycles. The molecule has 3 nitrogen and oxygen atoms in total. The summed E-state index contributed by atoms with van der Waals surface area (Å²) in [5.41, 5.74) is 3.70. The molecule has 0 unspecified atom stereocenters. The molecule has 1 aliphatic heterocycles. The molecule has 0 amide bonds. The van der Waals surface area contributed by atoms with Gasteiger partial charge in [-0.2, -0.15) is 0 Å². The fraction of sp³-hybridized carbons (Fsp3) is 0.600. The maximum atomic E-state index is 10.1. The van der Waals surface area contributed by atoms with Crippen molar-refractivity contribution in [2.75, 3.05) is 32.2 Å². The van der Waals surface area contributed by atoms with Crippen LogP contribution in [0.25, 0.3) is 0 Å². The van der Waals surface area contributed by atoms with Gasteiger partial charge in [0.25, 0.3) is 0 Å². The highest BCUT2D eigenvalue weighted by molar-refractivity contribution is 5.46. The van der Waals surface area contributed by atoms with Gasteiger partial charge in [0, 0.05) is 31.1 Å². The summed E-state index contributed by atoms with van der Waals surface area (Å²) in [6.45, 7) is 7.54. The molecular weight excluding hydrogens is 286 g/mol. The number of allylic oxidation sites excluding steroid dienone is 1. The van der Waals surface area contributed by atoms with Crippen molar-refractivity contribution in [3.63, 3.8) is 0 Å². The number of anilines is 1. The Labute approximate surface area is 140 Å². The minimum Gasteiger partial charge on any atom is -0.396 e. The number of fused-ring (bicyclic) bond motifs is 2. The number of benzene rings is 1. The molecule has 126 valence electrons. The van der Waals surface area contributed by atoms with Crippen LogP contribution in [0, 0.1) is 23.2 Å². The topological polar surface area (TPSA) is 32.7 Å². The van der Waals surface area contributed by atoms with Crippen molar-refractivity contribution in [2.24, 2.45) is 23.2 Å². The molecule has 5 atom stereocenters. The van der Waals surface area contributed by atoms with Crippen molar-refractivity contribution < 1.29 is 9.84 Å². The second kappa shape index (κ2) is 5.95. The maximum absolute atomic E-state index is 10.1. The minimum absolute atomic E-state index is 0.0876. The van der Waals surface area contributed by atoms with Gasteiger partial charge in [-0.05, 0) is 36.5 Å². The zero-order valence-electron chi connectivity index (χ0n) is 14.9. The molecule has 0 saturated carbocycles. The number of hydrogen-bond donors (Lipinski definition) is 1. The van der Waals surface area contributed by atoms with Gasteiger partial charge in [-0.25, -0.2) is 0 Å². The largest absolute Gasteiger partial charge is 0.396 e. The summed E-state index contributed by atoms with van der Waals surface area (Å²) in [7, 11) is 4.11.